The lowest BCUT2D eigenvalue weighted by Crippen LogP contribution is -2.19. The molecular weight excluding hydrogens is 341 g/mol. The van der Waals surface area contributed by atoms with Crippen molar-refractivity contribution in [3.63, 3.8) is 0 Å². The molecule has 0 heterocycles. The van der Waals surface area contributed by atoms with Crippen LogP contribution in [0, 0.1) is 3.57 Å². The van der Waals surface area contributed by atoms with Crippen molar-refractivity contribution in [3.05, 3.63) is 52.1 Å². The topological polar surface area (TPSA) is 67.1 Å². The van der Waals surface area contributed by atoms with Gasteiger partial charge in [0.15, 0.2) is 0 Å². The lowest BCUT2D eigenvalue weighted by atomic mass is 10.3. The summed E-state index contributed by atoms with van der Waals surface area (Å²) in [4.78, 5) is 11.7. The van der Waals surface area contributed by atoms with Crippen LogP contribution in [0.3, 0.4) is 0 Å². The molecule has 4 N–H and O–H groups in total. The van der Waals surface area contributed by atoms with E-state index in [0.29, 0.717) is 11.4 Å². The molecule has 2 rings (SSSR count). The van der Waals surface area contributed by atoms with Crippen LogP contribution in [0.2, 0.25) is 0 Å². The zero-order valence-corrected chi connectivity index (χ0v) is 11.6. The summed E-state index contributed by atoms with van der Waals surface area (Å²) >= 11 is 2.21. The van der Waals surface area contributed by atoms with Gasteiger partial charge in [-0.05, 0) is 65.1 Å². The molecule has 0 aliphatic carbocycles. The number of anilines is 3. The average molecular weight is 353 g/mol. The van der Waals surface area contributed by atoms with E-state index in [0.717, 1.165) is 9.26 Å². The van der Waals surface area contributed by atoms with Gasteiger partial charge >= 0.3 is 6.03 Å². The highest BCUT2D eigenvalue weighted by atomic mass is 127. The second-order valence-electron chi connectivity index (χ2n) is 3.71. The maximum atomic E-state index is 11.7. The number of amides is 2. The number of rotatable bonds is 2. The van der Waals surface area contributed by atoms with E-state index < -0.39 is 0 Å². The molecule has 2 aromatic rings. The third-order valence-electron chi connectivity index (χ3n) is 2.25. The van der Waals surface area contributed by atoms with Crippen LogP contribution >= 0.6 is 22.6 Å². The fourth-order valence-electron chi connectivity index (χ4n) is 1.44. The summed E-state index contributed by atoms with van der Waals surface area (Å²) < 4.78 is 1.12. The minimum Gasteiger partial charge on any atom is -0.399 e. The average Bonchev–Trinajstić information content (AvgIpc) is 2.32. The number of nitrogens with two attached hydrogens (primary N) is 1. The van der Waals surface area contributed by atoms with Crippen molar-refractivity contribution in [2.45, 2.75) is 0 Å². The van der Waals surface area contributed by atoms with Crippen molar-refractivity contribution in [2.75, 3.05) is 16.4 Å². The molecule has 0 spiro atoms. The molecule has 0 saturated heterocycles. The first-order valence-corrected chi connectivity index (χ1v) is 6.40. The molecule has 4 nitrogen and oxygen atoms in total. The molecule has 0 unspecified atom stereocenters. The predicted octanol–water partition coefficient (Wildman–Crippen LogP) is 3.52. The third-order valence-corrected chi connectivity index (χ3v) is 2.97. The first kappa shape index (κ1) is 12.7. The maximum Gasteiger partial charge on any atom is 0.323 e. The standard InChI is InChI=1S/C13H12IN3O/c14-9-4-6-11(7-5-9)16-13(18)17-12-3-1-2-10(15)8-12/h1-8H,15H2,(H2,16,17,18). The van der Waals surface area contributed by atoms with Gasteiger partial charge in [0, 0.05) is 20.6 Å². The van der Waals surface area contributed by atoms with Gasteiger partial charge in [0.1, 0.15) is 0 Å². The van der Waals surface area contributed by atoms with Gasteiger partial charge in [-0.2, -0.15) is 0 Å². The number of nitrogen functional groups attached to an aromatic ring is 1. The fourth-order valence-corrected chi connectivity index (χ4v) is 1.80. The summed E-state index contributed by atoms with van der Waals surface area (Å²) in [6, 6.07) is 14.3. The van der Waals surface area contributed by atoms with E-state index in [1.54, 1.807) is 24.3 Å². The van der Waals surface area contributed by atoms with Crippen LogP contribution in [-0.4, -0.2) is 6.03 Å². The number of hydrogen-bond donors (Lipinski definition) is 3. The number of halogens is 1. The highest BCUT2D eigenvalue weighted by Crippen LogP contribution is 2.14. The summed E-state index contributed by atoms with van der Waals surface area (Å²) in [6.07, 6.45) is 0. The maximum absolute atomic E-state index is 11.7. The lowest BCUT2D eigenvalue weighted by Gasteiger charge is -2.08. The number of nitrogens with one attached hydrogen (secondary N) is 2. The fraction of sp³-hybridized carbons (Fsp3) is 0. The molecule has 5 heteroatoms. The molecule has 0 bridgehead atoms. The molecule has 92 valence electrons. The Bertz CT molecular complexity index is 554. The van der Waals surface area contributed by atoms with Gasteiger partial charge in [0.2, 0.25) is 0 Å². The molecule has 0 radical (unpaired) electrons. The summed E-state index contributed by atoms with van der Waals surface area (Å²) in [5.41, 5.74) is 7.66. The van der Waals surface area contributed by atoms with Crippen LogP contribution in [0.15, 0.2) is 48.5 Å². The lowest BCUT2D eigenvalue weighted by molar-refractivity contribution is 0.262. The van der Waals surface area contributed by atoms with Gasteiger partial charge in [-0.3, -0.25) is 0 Å². The van der Waals surface area contributed by atoms with Crippen molar-refractivity contribution in [1.29, 1.82) is 0 Å². The Morgan fingerprint density at radius 3 is 2.33 bits per heavy atom. The first-order chi connectivity index (χ1) is 8.63. The van der Waals surface area contributed by atoms with Crippen molar-refractivity contribution in [1.82, 2.24) is 0 Å². The summed E-state index contributed by atoms with van der Waals surface area (Å²) in [6.45, 7) is 0. The minimum absolute atomic E-state index is 0.290. The van der Waals surface area contributed by atoms with E-state index in [4.69, 9.17) is 5.73 Å². The third kappa shape index (κ3) is 3.63. The minimum atomic E-state index is -0.290. The normalized spacial score (nSPS) is 9.83. The second kappa shape index (κ2) is 5.72. The van der Waals surface area contributed by atoms with Crippen LogP contribution in [0.5, 0.6) is 0 Å². The van der Waals surface area contributed by atoms with Crippen LogP contribution in [0.1, 0.15) is 0 Å². The molecule has 0 aliphatic heterocycles. The summed E-state index contributed by atoms with van der Waals surface area (Å²) in [7, 11) is 0. The van der Waals surface area contributed by atoms with Gasteiger partial charge in [0.25, 0.3) is 0 Å². The number of carbonyl (C=O) groups excluding carboxylic acids is 1. The summed E-state index contributed by atoms with van der Waals surface area (Å²) in [5.74, 6) is 0. The molecule has 2 aromatic carbocycles. The second-order valence-corrected chi connectivity index (χ2v) is 4.96. The van der Waals surface area contributed by atoms with Crippen molar-refractivity contribution in [2.24, 2.45) is 0 Å². The Kier molecular flexibility index (Phi) is 4.03. The highest BCUT2D eigenvalue weighted by molar-refractivity contribution is 14.1. The van der Waals surface area contributed by atoms with Crippen molar-refractivity contribution >= 4 is 45.7 Å². The predicted molar refractivity (Wildman–Crippen MR) is 82.7 cm³/mol. The van der Waals surface area contributed by atoms with Crippen LogP contribution < -0.4 is 16.4 Å². The Morgan fingerprint density at radius 2 is 1.67 bits per heavy atom. The first-order valence-electron chi connectivity index (χ1n) is 5.32. The monoisotopic (exact) mass is 353 g/mol. The Labute approximate surface area is 119 Å². The smallest absolute Gasteiger partial charge is 0.323 e. The van der Waals surface area contributed by atoms with E-state index in [2.05, 4.69) is 33.2 Å². The molecule has 18 heavy (non-hydrogen) atoms. The molecule has 2 amide bonds. The number of benzene rings is 2. The molecule has 0 saturated carbocycles. The Balaban J connectivity index is 1.98. The molecular formula is C13H12IN3O. The summed E-state index contributed by atoms with van der Waals surface area (Å²) in [5, 5.41) is 5.46. The molecule has 0 aromatic heterocycles. The van der Waals surface area contributed by atoms with Gasteiger partial charge in [0.05, 0.1) is 0 Å². The van der Waals surface area contributed by atoms with Crippen LogP contribution in [-0.2, 0) is 0 Å². The molecule has 0 fully saturated rings. The van der Waals surface area contributed by atoms with E-state index in [9.17, 15) is 4.79 Å². The number of hydrogen-bond acceptors (Lipinski definition) is 2. The van der Waals surface area contributed by atoms with E-state index >= 15 is 0 Å². The Hall–Kier alpha value is -1.76. The van der Waals surface area contributed by atoms with Crippen LogP contribution in [0.25, 0.3) is 0 Å². The Morgan fingerprint density at radius 1 is 1.00 bits per heavy atom. The van der Waals surface area contributed by atoms with Gasteiger partial charge < -0.3 is 16.4 Å². The largest absolute Gasteiger partial charge is 0.399 e. The number of carbonyl (C=O) groups is 1. The zero-order valence-electron chi connectivity index (χ0n) is 9.48. The zero-order chi connectivity index (χ0) is 13.0. The van der Waals surface area contributed by atoms with Gasteiger partial charge in [-0.1, -0.05) is 6.07 Å². The van der Waals surface area contributed by atoms with E-state index in [1.807, 2.05) is 24.3 Å². The van der Waals surface area contributed by atoms with Gasteiger partial charge in [-0.15, -0.1) is 0 Å². The van der Waals surface area contributed by atoms with Crippen molar-refractivity contribution < 1.29 is 4.79 Å². The number of urea groups is 1. The van der Waals surface area contributed by atoms with Gasteiger partial charge in [-0.25, -0.2) is 4.79 Å². The highest BCUT2D eigenvalue weighted by Gasteiger charge is 2.02. The molecule has 0 atom stereocenters. The van der Waals surface area contributed by atoms with Crippen LogP contribution in [0.4, 0.5) is 21.9 Å². The van der Waals surface area contributed by atoms with Crippen molar-refractivity contribution in [3.8, 4) is 0 Å². The van der Waals surface area contributed by atoms with E-state index in [-0.39, 0.29) is 6.03 Å². The molecule has 0 aliphatic rings. The quantitative estimate of drug-likeness (QED) is 0.571. The van der Waals surface area contributed by atoms with E-state index in [1.165, 1.54) is 0 Å². The SMILES string of the molecule is Nc1cccc(NC(=O)Nc2ccc(I)cc2)c1.